The number of hydrogen-bond acceptors (Lipinski definition) is 2. The second-order valence-corrected chi connectivity index (χ2v) is 5.19. The van der Waals surface area contributed by atoms with Crippen molar-refractivity contribution in [2.24, 2.45) is 0 Å². The van der Waals surface area contributed by atoms with E-state index in [1.54, 1.807) is 0 Å². The number of aliphatic carboxylic acids is 1. The van der Waals surface area contributed by atoms with Crippen molar-refractivity contribution in [3.05, 3.63) is 35.1 Å². The Bertz CT molecular complexity index is 524. The standard InChI is InChI=1S/C14H15F4NO2/c15-10-6-8(5-9(7-10)14(16,17)18)12(13(20)21)19-11-3-1-2-4-11/h5-7,11-12,19H,1-4H2,(H,20,21). The lowest BCUT2D eigenvalue weighted by atomic mass is 10.0. The highest BCUT2D eigenvalue weighted by atomic mass is 19.4. The summed E-state index contributed by atoms with van der Waals surface area (Å²) < 4.78 is 51.4. The molecule has 1 fully saturated rings. The lowest BCUT2D eigenvalue weighted by Crippen LogP contribution is -2.35. The van der Waals surface area contributed by atoms with Gasteiger partial charge in [0.2, 0.25) is 0 Å². The maximum atomic E-state index is 13.4. The van der Waals surface area contributed by atoms with Crippen molar-refractivity contribution >= 4 is 5.97 Å². The summed E-state index contributed by atoms with van der Waals surface area (Å²) in [6.07, 6.45) is -1.29. The van der Waals surface area contributed by atoms with E-state index in [0.29, 0.717) is 12.1 Å². The van der Waals surface area contributed by atoms with Crippen molar-refractivity contribution in [2.75, 3.05) is 0 Å². The van der Waals surface area contributed by atoms with E-state index in [4.69, 9.17) is 0 Å². The third kappa shape index (κ3) is 3.93. The largest absolute Gasteiger partial charge is 0.480 e. The molecular formula is C14H15F4NO2. The number of rotatable bonds is 4. The van der Waals surface area contributed by atoms with Gasteiger partial charge in [-0.2, -0.15) is 13.2 Å². The molecule has 1 atom stereocenters. The molecular weight excluding hydrogens is 290 g/mol. The number of benzene rings is 1. The molecule has 0 bridgehead atoms. The van der Waals surface area contributed by atoms with E-state index in [-0.39, 0.29) is 11.6 Å². The van der Waals surface area contributed by atoms with E-state index in [2.05, 4.69) is 5.32 Å². The number of nitrogens with one attached hydrogen (secondary N) is 1. The monoisotopic (exact) mass is 305 g/mol. The van der Waals surface area contributed by atoms with E-state index >= 15 is 0 Å². The summed E-state index contributed by atoms with van der Waals surface area (Å²) in [5.74, 6) is -2.42. The molecule has 0 aromatic heterocycles. The zero-order valence-corrected chi connectivity index (χ0v) is 11.1. The summed E-state index contributed by atoms with van der Waals surface area (Å²) >= 11 is 0. The van der Waals surface area contributed by atoms with Gasteiger partial charge in [-0.05, 0) is 36.6 Å². The highest BCUT2D eigenvalue weighted by molar-refractivity contribution is 5.75. The Balaban J connectivity index is 2.31. The number of carbonyl (C=O) groups is 1. The quantitative estimate of drug-likeness (QED) is 0.837. The first-order valence-electron chi connectivity index (χ1n) is 6.64. The third-order valence-electron chi connectivity index (χ3n) is 3.59. The number of halogens is 4. The third-order valence-corrected chi connectivity index (χ3v) is 3.59. The van der Waals surface area contributed by atoms with Crippen molar-refractivity contribution in [1.29, 1.82) is 0 Å². The van der Waals surface area contributed by atoms with E-state index < -0.39 is 29.6 Å². The maximum absolute atomic E-state index is 13.4. The molecule has 1 aromatic carbocycles. The normalized spacial score (nSPS) is 17.9. The van der Waals surface area contributed by atoms with Gasteiger partial charge in [-0.3, -0.25) is 10.1 Å². The lowest BCUT2D eigenvalue weighted by molar-refractivity contribution is -0.141. The molecule has 1 saturated carbocycles. The van der Waals surface area contributed by atoms with Gasteiger partial charge in [-0.25, -0.2) is 4.39 Å². The Kier molecular flexibility index (Phi) is 4.51. The minimum Gasteiger partial charge on any atom is -0.480 e. The van der Waals surface area contributed by atoms with Crippen LogP contribution in [0.1, 0.15) is 42.9 Å². The van der Waals surface area contributed by atoms with Gasteiger partial charge in [0, 0.05) is 6.04 Å². The summed E-state index contributed by atoms with van der Waals surface area (Å²) in [6.45, 7) is 0. The van der Waals surface area contributed by atoms with Gasteiger partial charge in [0.25, 0.3) is 0 Å². The van der Waals surface area contributed by atoms with Crippen molar-refractivity contribution in [3.63, 3.8) is 0 Å². The molecule has 1 aliphatic carbocycles. The molecule has 0 aliphatic heterocycles. The van der Waals surface area contributed by atoms with Crippen LogP contribution in [0, 0.1) is 5.82 Å². The van der Waals surface area contributed by atoms with Crippen LogP contribution in [0.25, 0.3) is 0 Å². The number of carboxylic acids is 1. The molecule has 2 rings (SSSR count). The number of alkyl halides is 3. The molecule has 1 unspecified atom stereocenters. The molecule has 0 heterocycles. The molecule has 0 amide bonds. The number of carboxylic acid groups (broad SMARTS) is 1. The fourth-order valence-corrected chi connectivity index (χ4v) is 2.58. The summed E-state index contributed by atoms with van der Waals surface area (Å²) in [4.78, 5) is 11.3. The van der Waals surface area contributed by atoms with Gasteiger partial charge in [0.05, 0.1) is 5.56 Å². The van der Waals surface area contributed by atoms with Gasteiger partial charge < -0.3 is 5.11 Å². The molecule has 116 valence electrons. The zero-order chi connectivity index (χ0) is 15.6. The smallest absolute Gasteiger partial charge is 0.416 e. The minimum absolute atomic E-state index is 0.0660. The average molecular weight is 305 g/mol. The molecule has 0 radical (unpaired) electrons. The van der Waals surface area contributed by atoms with Crippen LogP contribution >= 0.6 is 0 Å². The first-order chi connectivity index (χ1) is 9.77. The summed E-state index contributed by atoms with van der Waals surface area (Å²) in [5.41, 5.74) is -1.40. The predicted molar refractivity (Wildman–Crippen MR) is 67.2 cm³/mol. The van der Waals surface area contributed by atoms with Crippen LogP contribution in [0.3, 0.4) is 0 Å². The summed E-state index contributed by atoms with van der Waals surface area (Å²) in [6, 6.07) is 0.464. The molecule has 1 aromatic rings. The van der Waals surface area contributed by atoms with Gasteiger partial charge in [0.15, 0.2) is 0 Å². The molecule has 21 heavy (non-hydrogen) atoms. The highest BCUT2D eigenvalue weighted by Gasteiger charge is 2.33. The van der Waals surface area contributed by atoms with Gasteiger partial charge in [-0.15, -0.1) is 0 Å². The SMILES string of the molecule is O=C(O)C(NC1CCCC1)c1cc(F)cc(C(F)(F)F)c1. The molecule has 3 nitrogen and oxygen atoms in total. The summed E-state index contributed by atoms with van der Waals surface area (Å²) in [7, 11) is 0. The maximum Gasteiger partial charge on any atom is 0.416 e. The van der Waals surface area contributed by atoms with Crippen molar-refractivity contribution < 1.29 is 27.5 Å². The Morgan fingerprint density at radius 3 is 2.38 bits per heavy atom. The Hall–Kier alpha value is -1.63. The average Bonchev–Trinajstić information content (AvgIpc) is 2.86. The van der Waals surface area contributed by atoms with Gasteiger partial charge in [-0.1, -0.05) is 12.8 Å². The molecule has 7 heteroatoms. The minimum atomic E-state index is -4.72. The van der Waals surface area contributed by atoms with Gasteiger partial charge in [0.1, 0.15) is 11.9 Å². The topological polar surface area (TPSA) is 49.3 Å². The lowest BCUT2D eigenvalue weighted by Gasteiger charge is -2.20. The Morgan fingerprint density at radius 1 is 1.24 bits per heavy atom. The first kappa shape index (κ1) is 15.8. The second kappa shape index (κ2) is 6.01. The van der Waals surface area contributed by atoms with E-state index in [9.17, 15) is 27.5 Å². The van der Waals surface area contributed by atoms with Crippen molar-refractivity contribution in [3.8, 4) is 0 Å². The zero-order valence-electron chi connectivity index (χ0n) is 11.1. The Morgan fingerprint density at radius 2 is 1.86 bits per heavy atom. The summed E-state index contributed by atoms with van der Waals surface area (Å²) in [5, 5.41) is 12.0. The van der Waals surface area contributed by atoms with Crippen LogP contribution in [0.2, 0.25) is 0 Å². The van der Waals surface area contributed by atoms with E-state index in [0.717, 1.165) is 31.7 Å². The van der Waals surface area contributed by atoms with Gasteiger partial charge >= 0.3 is 12.1 Å². The fourth-order valence-electron chi connectivity index (χ4n) is 2.58. The van der Waals surface area contributed by atoms with Crippen molar-refractivity contribution in [2.45, 2.75) is 43.9 Å². The van der Waals surface area contributed by atoms with E-state index in [1.807, 2.05) is 0 Å². The van der Waals surface area contributed by atoms with E-state index in [1.165, 1.54) is 0 Å². The molecule has 2 N–H and O–H groups in total. The van der Waals surface area contributed by atoms with Crippen LogP contribution in [0.15, 0.2) is 18.2 Å². The molecule has 1 aliphatic rings. The van der Waals surface area contributed by atoms with Crippen LogP contribution in [-0.2, 0) is 11.0 Å². The van der Waals surface area contributed by atoms with Crippen LogP contribution in [-0.4, -0.2) is 17.1 Å². The number of hydrogen-bond donors (Lipinski definition) is 2. The molecule has 0 saturated heterocycles. The predicted octanol–water partition coefficient (Wildman–Crippen LogP) is 3.50. The first-order valence-corrected chi connectivity index (χ1v) is 6.64. The van der Waals surface area contributed by atoms with Crippen LogP contribution < -0.4 is 5.32 Å². The van der Waals surface area contributed by atoms with Crippen LogP contribution in [0.5, 0.6) is 0 Å². The molecule has 0 spiro atoms. The fraction of sp³-hybridized carbons (Fsp3) is 0.500. The second-order valence-electron chi connectivity index (χ2n) is 5.19. The highest BCUT2D eigenvalue weighted by Crippen LogP contribution is 2.32. The van der Waals surface area contributed by atoms with Crippen LogP contribution in [0.4, 0.5) is 17.6 Å². The Labute approximate surface area is 119 Å². The van der Waals surface area contributed by atoms with Crippen molar-refractivity contribution in [1.82, 2.24) is 5.32 Å².